The van der Waals surface area contributed by atoms with Gasteiger partial charge in [0, 0.05) is 44.2 Å². The van der Waals surface area contributed by atoms with Crippen molar-refractivity contribution in [1.29, 1.82) is 0 Å². The molecular formula is C37H40IrNO2-. The summed E-state index contributed by atoms with van der Waals surface area (Å²) < 4.78 is 0. The van der Waals surface area contributed by atoms with Crippen molar-refractivity contribution in [1.82, 2.24) is 4.98 Å². The molecule has 1 N–H and O–H groups in total. The number of aromatic nitrogens is 1. The maximum atomic E-state index is 11.0. The van der Waals surface area contributed by atoms with E-state index in [1.807, 2.05) is 33.9 Å². The fourth-order valence-corrected chi connectivity index (χ4v) is 6.00. The molecule has 1 radical (unpaired) electrons. The first kappa shape index (κ1) is 30.9. The van der Waals surface area contributed by atoms with Gasteiger partial charge >= 0.3 is 0 Å². The molecule has 4 heteroatoms. The van der Waals surface area contributed by atoms with Crippen molar-refractivity contribution < 1.29 is 30.0 Å². The zero-order chi connectivity index (χ0) is 28.6. The number of benzene rings is 3. The number of carbonyl (C=O) groups is 1. The van der Waals surface area contributed by atoms with Gasteiger partial charge in [-0.2, -0.15) is 0 Å². The van der Waals surface area contributed by atoms with Crippen molar-refractivity contribution in [2.75, 3.05) is 0 Å². The molecule has 4 aromatic rings. The van der Waals surface area contributed by atoms with Crippen molar-refractivity contribution in [3.8, 4) is 11.3 Å². The van der Waals surface area contributed by atoms with Crippen LogP contribution in [0.25, 0.3) is 22.0 Å². The normalized spacial score (nSPS) is 15.0. The zero-order valence-corrected chi connectivity index (χ0v) is 27.4. The number of aryl methyl sites for hydroxylation is 2. The van der Waals surface area contributed by atoms with E-state index in [4.69, 9.17) is 0 Å². The molecular weight excluding hydrogens is 683 g/mol. The molecule has 3 nitrogen and oxygen atoms in total. The molecule has 6 rings (SSSR count). The number of pyridine rings is 1. The van der Waals surface area contributed by atoms with Gasteiger partial charge in [0.25, 0.3) is 0 Å². The van der Waals surface area contributed by atoms with Crippen molar-refractivity contribution in [2.45, 2.75) is 67.2 Å². The van der Waals surface area contributed by atoms with Crippen LogP contribution < -0.4 is 0 Å². The van der Waals surface area contributed by atoms with Crippen molar-refractivity contribution >= 4 is 16.6 Å². The maximum absolute atomic E-state index is 11.0. The van der Waals surface area contributed by atoms with E-state index in [1.54, 1.807) is 16.7 Å². The maximum Gasteiger partial charge on any atom is 0.161 e. The SMILES string of the molecule is CC(C)C(=O)/C=C(\O)C(C)C.Cc1cnc(-c2[c-]cc3ccc4c(c3c2)CC2(Cc3ccccc3C2)C4)cc1C.[Ir]. The smallest absolute Gasteiger partial charge is 0.161 e. The minimum absolute atomic E-state index is 0. The Morgan fingerprint density at radius 2 is 1.56 bits per heavy atom. The Labute approximate surface area is 258 Å². The van der Waals surface area contributed by atoms with E-state index in [-0.39, 0.29) is 43.5 Å². The van der Waals surface area contributed by atoms with Crippen LogP contribution in [0.2, 0.25) is 0 Å². The van der Waals surface area contributed by atoms with Gasteiger partial charge in [0.2, 0.25) is 0 Å². The first-order valence-corrected chi connectivity index (χ1v) is 14.5. The first-order valence-electron chi connectivity index (χ1n) is 14.5. The largest absolute Gasteiger partial charge is 0.512 e. The molecule has 2 aliphatic rings. The Hall–Kier alpha value is -3.07. The van der Waals surface area contributed by atoms with Crippen LogP contribution >= 0.6 is 0 Å². The number of aliphatic hydroxyl groups is 1. The average Bonchev–Trinajstić information content (AvgIpc) is 3.48. The van der Waals surface area contributed by atoms with E-state index in [2.05, 4.69) is 79.5 Å². The summed E-state index contributed by atoms with van der Waals surface area (Å²) in [7, 11) is 0. The van der Waals surface area contributed by atoms with Crippen LogP contribution in [-0.2, 0) is 50.6 Å². The van der Waals surface area contributed by atoms with Crippen LogP contribution in [-0.4, -0.2) is 15.9 Å². The molecule has 215 valence electrons. The van der Waals surface area contributed by atoms with E-state index >= 15 is 0 Å². The summed E-state index contributed by atoms with van der Waals surface area (Å²) in [6.45, 7) is 11.6. The Bertz CT molecular complexity index is 1590. The average molecular weight is 723 g/mol. The minimum Gasteiger partial charge on any atom is -0.512 e. The Balaban J connectivity index is 0.000000279. The van der Waals surface area contributed by atoms with E-state index < -0.39 is 0 Å². The summed E-state index contributed by atoms with van der Waals surface area (Å²) >= 11 is 0. The van der Waals surface area contributed by atoms with Crippen LogP contribution in [0.15, 0.2) is 72.6 Å². The summed E-state index contributed by atoms with van der Waals surface area (Å²) in [6.07, 6.45) is 8.09. The molecule has 1 aromatic heterocycles. The van der Waals surface area contributed by atoms with Crippen LogP contribution in [0.5, 0.6) is 0 Å². The van der Waals surface area contributed by atoms with Crippen molar-refractivity contribution in [3.63, 3.8) is 0 Å². The molecule has 0 saturated carbocycles. The minimum atomic E-state index is -0.0316. The fourth-order valence-electron chi connectivity index (χ4n) is 6.00. The number of rotatable bonds is 4. The van der Waals surface area contributed by atoms with Gasteiger partial charge in [0.1, 0.15) is 0 Å². The third-order valence-electron chi connectivity index (χ3n) is 8.63. The quantitative estimate of drug-likeness (QED) is 0.131. The van der Waals surface area contributed by atoms with Gasteiger partial charge in [-0.3, -0.25) is 4.79 Å². The van der Waals surface area contributed by atoms with Gasteiger partial charge < -0.3 is 10.1 Å². The molecule has 0 fully saturated rings. The van der Waals surface area contributed by atoms with Crippen LogP contribution in [0, 0.1) is 37.2 Å². The van der Waals surface area contributed by atoms with Gasteiger partial charge in [-0.25, -0.2) is 0 Å². The molecule has 1 heterocycles. The van der Waals surface area contributed by atoms with Crippen LogP contribution in [0.3, 0.4) is 0 Å². The van der Waals surface area contributed by atoms with Gasteiger partial charge in [0.15, 0.2) is 5.78 Å². The summed E-state index contributed by atoms with van der Waals surface area (Å²) in [6, 6.07) is 23.8. The molecule has 0 bridgehead atoms. The number of nitrogens with zero attached hydrogens (tertiary/aromatic N) is 1. The predicted molar refractivity (Wildman–Crippen MR) is 165 cm³/mol. The van der Waals surface area contributed by atoms with E-state index in [1.165, 1.54) is 59.2 Å². The molecule has 3 aromatic carbocycles. The van der Waals surface area contributed by atoms with Gasteiger partial charge in [-0.15, -0.1) is 23.8 Å². The third kappa shape index (κ3) is 6.55. The Morgan fingerprint density at radius 3 is 2.17 bits per heavy atom. The second-order valence-electron chi connectivity index (χ2n) is 12.5. The van der Waals surface area contributed by atoms with Gasteiger partial charge in [-0.1, -0.05) is 92.1 Å². The number of ketones is 1. The van der Waals surface area contributed by atoms with Gasteiger partial charge in [0.05, 0.1) is 5.76 Å². The number of aliphatic hydroxyl groups excluding tert-OH is 1. The number of fused-ring (bicyclic) bond motifs is 4. The number of hydrogen-bond donors (Lipinski definition) is 1. The monoisotopic (exact) mass is 723 g/mol. The molecule has 41 heavy (non-hydrogen) atoms. The van der Waals surface area contributed by atoms with Gasteiger partial charge in [-0.05, 0) is 72.9 Å². The zero-order valence-electron chi connectivity index (χ0n) is 25.0. The van der Waals surface area contributed by atoms with E-state index in [0.717, 1.165) is 11.3 Å². The molecule has 0 saturated heterocycles. The Morgan fingerprint density at radius 1 is 0.902 bits per heavy atom. The summed E-state index contributed by atoms with van der Waals surface area (Å²) in [5.74, 6) is 0.161. The van der Waals surface area contributed by atoms with Crippen molar-refractivity contribution in [2.24, 2.45) is 17.3 Å². The van der Waals surface area contributed by atoms with E-state index in [0.29, 0.717) is 5.41 Å². The Kier molecular flexibility index (Phi) is 9.36. The van der Waals surface area contributed by atoms with Crippen LogP contribution in [0.1, 0.15) is 61.1 Å². The second-order valence-corrected chi connectivity index (χ2v) is 12.5. The standard InChI is InChI=1S/C28H24N.C9H16O2.Ir/c1-18-11-27(29-17-19(18)2)21-9-7-20-8-10-24-15-28(16-26(24)25(20)12-21)13-22-5-3-4-6-23(22)14-28;1-6(2)8(10)5-9(11)7(3)4;/h3-8,10-12,17H,13-16H2,1-2H3;5-7,10H,1-4H3;/q-1;;/b;8-5-;. The molecule has 1 spiro atoms. The second kappa shape index (κ2) is 12.4. The summed E-state index contributed by atoms with van der Waals surface area (Å²) in [5, 5.41) is 11.9. The molecule has 0 amide bonds. The van der Waals surface area contributed by atoms with Crippen molar-refractivity contribution in [3.05, 3.63) is 112 Å². The summed E-state index contributed by atoms with van der Waals surface area (Å²) in [5.41, 5.74) is 11.2. The molecule has 0 aliphatic heterocycles. The number of carbonyl (C=O) groups excluding carboxylic acids is 1. The first-order chi connectivity index (χ1) is 19.0. The molecule has 0 unspecified atom stereocenters. The molecule has 2 aliphatic carbocycles. The van der Waals surface area contributed by atoms with Crippen LogP contribution in [0.4, 0.5) is 0 Å². The third-order valence-corrected chi connectivity index (χ3v) is 8.63. The fraction of sp³-hybridized carbons (Fsp3) is 0.351. The molecule has 0 atom stereocenters. The predicted octanol–water partition coefficient (Wildman–Crippen LogP) is 8.51. The number of allylic oxidation sites excluding steroid dienone is 2. The summed E-state index contributed by atoms with van der Waals surface area (Å²) in [4.78, 5) is 15.7. The van der Waals surface area contributed by atoms with E-state index in [9.17, 15) is 9.90 Å². The topological polar surface area (TPSA) is 50.2 Å². The number of hydrogen-bond acceptors (Lipinski definition) is 3.